The number of hydrogen-bond donors (Lipinski definition) is 3. The minimum atomic E-state index is -3.51. The zero-order valence-corrected chi connectivity index (χ0v) is 10.2. The van der Waals surface area contributed by atoms with Crippen molar-refractivity contribution >= 4 is 16.0 Å². The molecule has 0 bridgehead atoms. The summed E-state index contributed by atoms with van der Waals surface area (Å²) < 4.78 is 26.4. The first-order valence-corrected chi connectivity index (χ1v) is 6.80. The first-order valence-electron chi connectivity index (χ1n) is 5.32. The lowest BCUT2D eigenvalue weighted by Gasteiger charge is -2.32. The van der Waals surface area contributed by atoms with Crippen LogP contribution in [0.4, 0.5) is 5.95 Å². The molecule has 0 aliphatic heterocycles. The molecule has 0 spiro atoms. The molecule has 0 unspecified atom stereocenters. The lowest BCUT2D eigenvalue weighted by molar-refractivity contribution is 0.270. The number of nitrogens with zero attached hydrogens (tertiary/aromatic N) is 2. The van der Waals surface area contributed by atoms with Gasteiger partial charge in [0.1, 0.15) is 4.90 Å². The fourth-order valence-corrected chi connectivity index (χ4v) is 2.97. The van der Waals surface area contributed by atoms with Crippen molar-refractivity contribution in [2.75, 3.05) is 5.43 Å². The number of hydrogen-bond acceptors (Lipinski definition) is 6. The number of rotatable bonds is 4. The van der Waals surface area contributed by atoms with Crippen molar-refractivity contribution in [2.24, 2.45) is 11.8 Å². The van der Waals surface area contributed by atoms with Crippen molar-refractivity contribution in [2.45, 2.75) is 30.7 Å². The summed E-state index contributed by atoms with van der Waals surface area (Å²) in [6.45, 7) is 2.09. The Hall–Kier alpha value is -1.25. The monoisotopic (exact) mass is 257 g/mol. The van der Waals surface area contributed by atoms with E-state index in [0.717, 1.165) is 12.8 Å². The van der Waals surface area contributed by atoms with Gasteiger partial charge in [0.25, 0.3) is 0 Å². The zero-order valence-electron chi connectivity index (χ0n) is 9.42. The van der Waals surface area contributed by atoms with Gasteiger partial charge in [-0.15, -0.1) is 0 Å². The Morgan fingerprint density at radius 1 is 1.35 bits per heavy atom. The number of anilines is 1. The predicted octanol–water partition coefficient (Wildman–Crippen LogP) is -0.161. The van der Waals surface area contributed by atoms with E-state index in [1.165, 1.54) is 12.4 Å². The third kappa shape index (κ3) is 2.71. The third-order valence-electron chi connectivity index (χ3n) is 2.76. The molecule has 94 valence electrons. The Morgan fingerprint density at radius 3 is 2.41 bits per heavy atom. The summed E-state index contributed by atoms with van der Waals surface area (Å²) in [7, 11) is -3.51. The van der Waals surface area contributed by atoms with Gasteiger partial charge in [-0.25, -0.2) is 29.0 Å². The van der Waals surface area contributed by atoms with Crippen LogP contribution in [0.1, 0.15) is 19.8 Å². The van der Waals surface area contributed by atoms with Gasteiger partial charge < -0.3 is 0 Å². The van der Waals surface area contributed by atoms with Crippen LogP contribution >= 0.6 is 0 Å². The maximum Gasteiger partial charge on any atom is 0.243 e. The molecule has 4 N–H and O–H groups in total. The Kier molecular flexibility index (Phi) is 3.27. The van der Waals surface area contributed by atoms with E-state index in [1.54, 1.807) is 0 Å². The van der Waals surface area contributed by atoms with Gasteiger partial charge >= 0.3 is 0 Å². The number of sulfonamides is 1. The van der Waals surface area contributed by atoms with Crippen LogP contribution in [0.5, 0.6) is 0 Å². The number of nitrogens with one attached hydrogen (secondary N) is 2. The molecule has 1 aliphatic carbocycles. The summed E-state index contributed by atoms with van der Waals surface area (Å²) in [5.74, 6) is 5.86. The smallest absolute Gasteiger partial charge is 0.243 e. The quantitative estimate of drug-likeness (QED) is 0.510. The summed E-state index contributed by atoms with van der Waals surface area (Å²) in [5, 5.41) is 0. The second-order valence-electron chi connectivity index (χ2n) is 4.28. The molecule has 7 nitrogen and oxygen atoms in total. The largest absolute Gasteiger partial charge is 0.292 e. The van der Waals surface area contributed by atoms with Crippen LogP contribution in [0, 0.1) is 5.92 Å². The van der Waals surface area contributed by atoms with Crippen molar-refractivity contribution in [3.63, 3.8) is 0 Å². The molecule has 1 saturated carbocycles. The Morgan fingerprint density at radius 2 is 1.94 bits per heavy atom. The second kappa shape index (κ2) is 4.55. The van der Waals surface area contributed by atoms with Crippen LogP contribution < -0.4 is 16.0 Å². The second-order valence-corrected chi connectivity index (χ2v) is 6.00. The van der Waals surface area contributed by atoms with Gasteiger partial charge in [-0.2, -0.15) is 0 Å². The molecule has 1 aliphatic rings. The van der Waals surface area contributed by atoms with Gasteiger partial charge in [0.05, 0.1) is 12.4 Å². The molecule has 1 heterocycles. The molecule has 1 fully saturated rings. The van der Waals surface area contributed by atoms with Crippen LogP contribution in [0.15, 0.2) is 17.3 Å². The highest BCUT2D eigenvalue weighted by Crippen LogP contribution is 2.27. The number of hydrazine groups is 1. The van der Waals surface area contributed by atoms with E-state index in [4.69, 9.17) is 5.84 Å². The molecule has 2 rings (SSSR count). The highest BCUT2D eigenvalue weighted by Gasteiger charge is 2.30. The van der Waals surface area contributed by atoms with E-state index in [-0.39, 0.29) is 16.9 Å². The normalized spacial score (nSPS) is 24.1. The van der Waals surface area contributed by atoms with Crippen molar-refractivity contribution < 1.29 is 8.42 Å². The summed E-state index contributed by atoms with van der Waals surface area (Å²) >= 11 is 0. The van der Waals surface area contributed by atoms with Crippen molar-refractivity contribution in [1.82, 2.24) is 14.7 Å². The maximum absolute atomic E-state index is 11.9. The van der Waals surface area contributed by atoms with Gasteiger partial charge in [0.2, 0.25) is 16.0 Å². The summed E-state index contributed by atoms with van der Waals surface area (Å²) in [4.78, 5) is 7.58. The lowest BCUT2D eigenvalue weighted by Crippen LogP contribution is -2.43. The maximum atomic E-state index is 11.9. The predicted molar refractivity (Wildman–Crippen MR) is 62.3 cm³/mol. The SMILES string of the molecule is CC1CC(NS(=O)(=O)c2cnc(NN)nc2)C1. The molecule has 1 aromatic heterocycles. The molecule has 0 aromatic carbocycles. The van der Waals surface area contributed by atoms with E-state index in [9.17, 15) is 8.42 Å². The van der Waals surface area contributed by atoms with E-state index >= 15 is 0 Å². The number of nitrogens with two attached hydrogens (primary N) is 1. The average Bonchev–Trinajstić information content (AvgIpc) is 2.27. The van der Waals surface area contributed by atoms with Crippen LogP contribution in [0.25, 0.3) is 0 Å². The number of aromatic nitrogens is 2. The lowest BCUT2D eigenvalue weighted by atomic mass is 9.83. The van der Waals surface area contributed by atoms with Crippen molar-refractivity contribution in [1.29, 1.82) is 0 Å². The van der Waals surface area contributed by atoms with E-state index in [0.29, 0.717) is 5.92 Å². The standard InChI is InChI=1S/C9H15N5O2S/c1-6-2-7(3-6)14-17(15,16)8-4-11-9(13-10)12-5-8/h4-7,14H,2-3,10H2,1H3,(H,11,12,13). The summed E-state index contributed by atoms with van der Waals surface area (Å²) in [6.07, 6.45) is 4.21. The highest BCUT2D eigenvalue weighted by molar-refractivity contribution is 7.89. The van der Waals surface area contributed by atoms with Gasteiger partial charge in [-0.1, -0.05) is 6.92 Å². The van der Waals surface area contributed by atoms with Gasteiger partial charge in [-0.3, -0.25) is 5.43 Å². The molecule has 0 radical (unpaired) electrons. The highest BCUT2D eigenvalue weighted by atomic mass is 32.2. The van der Waals surface area contributed by atoms with E-state index in [2.05, 4.69) is 27.0 Å². The zero-order chi connectivity index (χ0) is 12.5. The molecular formula is C9H15N5O2S. The molecule has 8 heteroatoms. The van der Waals surface area contributed by atoms with E-state index in [1.807, 2.05) is 0 Å². The number of nitrogen functional groups attached to an aromatic ring is 1. The molecule has 0 amide bonds. The van der Waals surface area contributed by atoms with E-state index < -0.39 is 10.0 Å². The Balaban J connectivity index is 2.08. The van der Waals surface area contributed by atoms with Gasteiger partial charge in [-0.05, 0) is 18.8 Å². The Labute approximate surface area is 99.9 Å². The fourth-order valence-electron chi connectivity index (χ4n) is 1.82. The van der Waals surface area contributed by atoms with Crippen molar-refractivity contribution in [3.8, 4) is 0 Å². The minimum Gasteiger partial charge on any atom is -0.292 e. The topological polar surface area (TPSA) is 110 Å². The van der Waals surface area contributed by atoms with Crippen molar-refractivity contribution in [3.05, 3.63) is 12.4 Å². The average molecular weight is 257 g/mol. The first kappa shape index (κ1) is 12.2. The molecule has 1 aromatic rings. The molecule has 0 saturated heterocycles. The first-order chi connectivity index (χ1) is 8.01. The van der Waals surface area contributed by atoms with Crippen LogP contribution in [0.2, 0.25) is 0 Å². The van der Waals surface area contributed by atoms with Crippen LogP contribution in [-0.2, 0) is 10.0 Å². The van der Waals surface area contributed by atoms with Crippen LogP contribution in [0.3, 0.4) is 0 Å². The summed E-state index contributed by atoms with van der Waals surface area (Å²) in [6, 6.07) is 0.0299. The van der Waals surface area contributed by atoms with Crippen LogP contribution in [-0.4, -0.2) is 24.4 Å². The molecule has 17 heavy (non-hydrogen) atoms. The summed E-state index contributed by atoms with van der Waals surface area (Å²) in [5.41, 5.74) is 2.24. The minimum absolute atomic E-state index is 0.0299. The van der Waals surface area contributed by atoms with Gasteiger partial charge in [0, 0.05) is 6.04 Å². The molecular weight excluding hydrogens is 242 g/mol. The fraction of sp³-hybridized carbons (Fsp3) is 0.556. The third-order valence-corrected chi connectivity index (χ3v) is 4.24. The van der Waals surface area contributed by atoms with Gasteiger partial charge in [0.15, 0.2) is 0 Å². The molecule has 0 atom stereocenters. The Bertz CT molecular complexity index is 481.